The average Bonchev–Trinajstić information content (AvgIpc) is 2.48. The Bertz CT molecular complexity index is 776. The first-order valence-electron chi connectivity index (χ1n) is 6.70. The van der Waals surface area contributed by atoms with Crippen LogP contribution in [0.2, 0.25) is 0 Å². The number of benzene rings is 2. The van der Waals surface area contributed by atoms with E-state index in [4.69, 9.17) is 4.74 Å². The van der Waals surface area contributed by atoms with Crippen molar-refractivity contribution in [3.63, 3.8) is 0 Å². The van der Waals surface area contributed by atoms with Gasteiger partial charge >= 0.3 is 0 Å². The molecule has 4 nitrogen and oxygen atoms in total. The number of aromatic nitrogens is 2. The molecule has 0 unspecified atom stereocenters. The number of hydrogen-bond donors (Lipinski definition) is 1. The largest absolute Gasteiger partial charge is 0.438 e. The van der Waals surface area contributed by atoms with E-state index in [9.17, 15) is 0 Å². The van der Waals surface area contributed by atoms with Crippen molar-refractivity contribution in [1.82, 2.24) is 9.97 Å². The van der Waals surface area contributed by atoms with Crippen LogP contribution in [-0.4, -0.2) is 16.5 Å². The lowest BCUT2D eigenvalue weighted by molar-refractivity contribution is 0.468. The van der Waals surface area contributed by atoms with Crippen LogP contribution in [-0.2, 0) is 0 Å². The molecule has 1 N–H and O–H groups in total. The van der Waals surface area contributed by atoms with Gasteiger partial charge in [0.2, 0.25) is 11.8 Å². The van der Waals surface area contributed by atoms with Crippen molar-refractivity contribution in [2.24, 2.45) is 0 Å². The minimum atomic E-state index is 0.551. The number of rotatable bonds is 4. The van der Waals surface area contributed by atoms with Gasteiger partial charge in [0.05, 0.1) is 10.9 Å². The van der Waals surface area contributed by atoms with Crippen LogP contribution in [0.1, 0.15) is 6.92 Å². The highest BCUT2D eigenvalue weighted by Crippen LogP contribution is 2.29. The maximum atomic E-state index is 5.94. The lowest BCUT2D eigenvalue weighted by Gasteiger charge is -2.10. The van der Waals surface area contributed by atoms with Gasteiger partial charge in [-0.25, -0.2) is 4.98 Å². The van der Waals surface area contributed by atoms with Gasteiger partial charge in [-0.3, -0.25) is 0 Å². The Kier molecular flexibility index (Phi) is 4.01. The van der Waals surface area contributed by atoms with Gasteiger partial charge in [0.15, 0.2) is 0 Å². The predicted octanol–water partition coefficient (Wildman–Crippen LogP) is 4.62. The van der Waals surface area contributed by atoms with E-state index < -0.39 is 0 Å². The first-order valence-corrected chi connectivity index (χ1v) is 7.49. The Morgan fingerprint density at radius 2 is 1.95 bits per heavy atom. The molecule has 106 valence electrons. The highest BCUT2D eigenvalue weighted by Gasteiger charge is 2.09. The highest BCUT2D eigenvalue weighted by molar-refractivity contribution is 9.10. The van der Waals surface area contributed by atoms with Crippen molar-refractivity contribution in [1.29, 1.82) is 0 Å². The summed E-state index contributed by atoms with van der Waals surface area (Å²) in [5, 5.41) is 4.01. The fourth-order valence-corrected chi connectivity index (χ4v) is 2.38. The molecule has 0 amide bonds. The summed E-state index contributed by atoms with van der Waals surface area (Å²) in [6.45, 7) is 2.77. The summed E-state index contributed by atoms with van der Waals surface area (Å²) in [4.78, 5) is 8.93. The molecule has 1 aromatic heterocycles. The molecular formula is C16H14BrN3O. The van der Waals surface area contributed by atoms with E-state index in [1.165, 1.54) is 0 Å². The minimum Gasteiger partial charge on any atom is -0.438 e. The number of nitrogens with zero attached hydrogens (tertiary/aromatic N) is 2. The Labute approximate surface area is 131 Å². The summed E-state index contributed by atoms with van der Waals surface area (Å²) in [6.07, 6.45) is 0. The van der Waals surface area contributed by atoms with Crippen LogP contribution in [0.5, 0.6) is 11.6 Å². The van der Waals surface area contributed by atoms with Crippen LogP contribution < -0.4 is 10.1 Å². The van der Waals surface area contributed by atoms with Crippen molar-refractivity contribution >= 4 is 32.8 Å². The van der Waals surface area contributed by atoms with Crippen molar-refractivity contribution in [3.8, 4) is 11.6 Å². The number of halogens is 1. The van der Waals surface area contributed by atoms with Gasteiger partial charge < -0.3 is 10.1 Å². The molecule has 0 aliphatic carbocycles. The maximum Gasteiger partial charge on any atom is 0.231 e. The number of nitrogens with one attached hydrogen (secondary N) is 1. The summed E-state index contributed by atoms with van der Waals surface area (Å²) < 4.78 is 6.90. The third-order valence-corrected chi connectivity index (χ3v) is 3.41. The first-order chi connectivity index (χ1) is 10.3. The second-order valence-electron chi connectivity index (χ2n) is 4.46. The molecule has 0 saturated heterocycles. The second kappa shape index (κ2) is 6.10. The van der Waals surface area contributed by atoms with Crippen molar-refractivity contribution < 1.29 is 4.74 Å². The van der Waals surface area contributed by atoms with E-state index in [1.54, 1.807) is 0 Å². The van der Waals surface area contributed by atoms with Crippen molar-refractivity contribution in [2.75, 3.05) is 11.9 Å². The Hall–Kier alpha value is -2.14. The van der Waals surface area contributed by atoms with Gasteiger partial charge in [-0.2, -0.15) is 4.98 Å². The van der Waals surface area contributed by atoms with Crippen LogP contribution in [0, 0.1) is 0 Å². The molecule has 21 heavy (non-hydrogen) atoms. The Morgan fingerprint density at radius 1 is 1.10 bits per heavy atom. The minimum absolute atomic E-state index is 0.551. The first kappa shape index (κ1) is 13.8. The lowest BCUT2D eigenvalue weighted by Crippen LogP contribution is -2.03. The van der Waals surface area contributed by atoms with Gasteiger partial charge in [0, 0.05) is 11.0 Å². The summed E-state index contributed by atoms with van der Waals surface area (Å²) >= 11 is 3.44. The van der Waals surface area contributed by atoms with Crippen LogP contribution in [0.25, 0.3) is 10.9 Å². The summed E-state index contributed by atoms with van der Waals surface area (Å²) in [7, 11) is 0. The monoisotopic (exact) mass is 343 g/mol. The Morgan fingerprint density at radius 3 is 2.76 bits per heavy atom. The molecule has 0 bridgehead atoms. The number of hydrogen-bond acceptors (Lipinski definition) is 4. The van der Waals surface area contributed by atoms with Crippen LogP contribution >= 0.6 is 15.9 Å². The molecule has 5 heteroatoms. The fourth-order valence-electron chi connectivity index (χ4n) is 2.00. The topological polar surface area (TPSA) is 47.0 Å². The molecule has 0 atom stereocenters. The number of ether oxygens (including phenoxy) is 1. The van der Waals surface area contributed by atoms with Crippen LogP contribution in [0.15, 0.2) is 53.0 Å². The summed E-state index contributed by atoms with van der Waals surface area (Å²) in [5.41, 5.74) is 0.855. The molecule has 0 spiro atoms. The lowest BCUT2D eigenvalue weighted by atomic mass is 10.2. The molecule has 0 fully saturated rings. The predicted molar refractivity (Wildman–Crippen MR) is 87.9 cm³/mol. The van der Waals surface area contributed by atoms with Gasteiger partial charge in [-0.15, -0.1) is 0 Å². The molecule has 3 aromatic rings. The number of para-hydroxylation sites is 1. The third-order valence-electron chi connectivity index (χ3n) is 2.91. The SMILES string of the molecule is CCNc1nc(Oc2cccc(Br)c2)c2ccccc2n1. The zero-order valence-electron chi connectivity index (χ0n) is 11.5. The van der Waals surface area contributed by atoms with Crippen LogP contribution in [0.3, 0.4) is 0 Å². The standard InChI is InChI=1S/C16H14BrN3O/c1-2-18-16-19-14-9-4-3-8-13(14)15(20-16)21-12-7-5-6-11(17)10-12/h3-10H,2H2,1H3,(H,18,19,20). The maximum absolute atomic E-state index is 5.94. The normalized spacial score (nSPS) is 10.6. The summed E-state index contributed by atoms with van der Waals surface area (Å²) in [6, 6.07) is 15.5. The molecule has 1 heterocycles. The molecule has 0 radical (unpaired) electrons. The molecule has 0 aliphatic rings. The van der Waals surface area contributed by atoms with Gasteiger partial charge in [-0.1, -0.05) is 34.1 Å². The van der Waals surface area contributed by atoms with E-state index >= 15 is 0 Å². The Balaban J connectivity index is 2.07. The fraction of sp³-hybridized carbons (Fsp3) is 0.125. The average molecular weight is 344 g/mol. The van der Waals surface area contributed by atoms with Crippen LogP contribution in [0.4, 0.5) is 5.95 Å². The molecule has 0 aliphatic heterocycles. The quantitative estimate of drug-likeness (QED) is 0.750. The van der Waals surface area contributed by atoms with Gasteiger partial charge in [0.1, 0.15) is 5.75 Å². The number of fused-ring (bicyclic) bond motifs is 1. The molecule has 2 aromatic carbocycles. The van der Waals surface area contributed by atoms with Crippen molar-refractivity contribution in [2.45, 2.75) is 6.92 Å². The van der Waals surface area contributed by atoms with E-state index in [-0.39, 0.29) is 0 Å². The molecular weight excluding hydrogens is 330 g/mol. The van der Waals surface area contributed by atoms with E-state index in [1.807, 2.05) is 55.5 Å². The number of anilines is 1. The van der Waals surface area contributed by atoms with Gasteiger partial charge in [-0.05, 0) is 37.3 Å². The van der Waals surface area contributed by atoms with E-state index in [0.717, 1.165) is 27.7 Å². The van der Waals surface area contributed by atoms with E-state index in [2.05, 4.69) is 31.2 Å². The third kappa shape index (κ3) is 3.13. The zero-order chi connectivity index (χ0) is 14.7. The summed E-state index contributed by atoms with van der Waals surface area (Å²) in [5.74, 6) is 1.85. The second-order valence-corrected chi connectivity index (χ2v) is 5.37. The highest BCUT2D eigenvalue weighted by atomic mass is 79.9. The smallest absolute Gasteiger partial charge is 0.231 e. The molecule has 0 saturated carbocycles. The van der Waals surface area contributed by atoms with Gasteiger partial charge in [0.25, 0.3) is 0 Å². The molecule has 3 rings (SSSR count). The van der Waals surface area contributed by atoms with E-state index in [0.29, 0.717) is 11.8 Å². The zero-order valence-corrected chi connectivity index (χ0v) is 13.1. The van der Waals surface area contributed by atoms with Crippen molar-refractivity contribution in [3.05, 3.63) is 53.0 Å².